The maximum atomic E-state index is 13.0. The predicted octanol–water partition coefficient (Wildman–Crippen LogP) is 6.75. The highest BCUT2D eigenvalue weighted by atomic mass is 79.9. The first-order valence-electron chi connectivity index (χ1n) is 10.3. The van der Waals surface area contributed by atoms with E-state index in [1.54, 1.807) is 29.9 Å². The highest BCUT2D eigenvalue weighted by Crippen LogP contribution is 2.26. The molecule has 7 nitrogen and oxygen atoms in total. The molecule has 0 fully saturated rings. The second-order valence-electron chi connectivity index (χ2n) is 7.81. The van der Waals surface area contributed by atoms with Crippen LogP contribution < -0.4 is 10.1 Å². The SMILES string of the molecule is Cc1ccc(OCc2c(C(=O)Nc3nn(Cc4ccc(Cl)cc4Cl)cc3Br)noc2C)cc1C. The smallest absolute Gasteiger partial charge is 0.279 e. The van der Waals surface area contributed by atoms with Crippen LogP contribution in [-0.2, 0) is 13.2 Å². The molecule has 1 N–H and O–H groups in total. The molecule has 4 aromatic rings. The number of carbonyl (C=O) groups is 1. The number of ether oxygens (including phenoxy) is 1. The summed E-state index contributed by atoms with van der Waals surface area (Å²) in [5.41, 5.74) is 3.86. The van der Waals surface area contributed by atoms with Crippen molar-refractivity contribution in [2.24, 2.45) is 0 Å². The first kappa shape index (κ1) is 24.3. The Morgan fingerprint density at radius 3 is 2.68 bits per heavy atom. The number of nitrogens with zero attached hydrogens (tertiary/aromatic N) is 3. The van der Waals surface area contributed by atoms with Crippen molar-refractivity contribution in [3.8, 4) is 5.75 Å². The third-order valence-electron chi connectivity index (χ3n) is 5.36. The standard InChI is InChI=1S/C24H21BrCl2N4O3/c1-13-4-7-18(8-14(13)2)33-12-19-15(3)34-30-22(19)24(32)28-23-20(25)11-31(29-23)10-16-5-6-17(26)9-21(16)27/h4-9,11H,10,12H2,1-3H3,(H,28,29,32). The summed E-state index contributed by atoms with van der Waals surface area (Å²) in [6.07, 6.45) is 1.75. The van der Waals surface area contributed by atoms with Gasteiger partial charge in [0, 0.05) is 16.2 Å². The summed E-state index contributed by atoms with van der Waals surface area (Å²) < 4.78 is 13.4. The number of aryl methyl sites for hydroxylation is 3. The Hall–Kier alpha value is -2.81. The molecule has 4 rings (SSSR count). The fraction of sp³-hybridized carbons (Fsp3) is 0.208. The molecule has 0 saturated carbocycles. The minimum atomic E-state index is -0.453. The molecule has 2 heterocycles. The van der Waals surface area contributed by atoms with Gasteiger partial charge in [0.25, 0.3) is 5.91 Å². The van der Waals surface area contributed by atoms with Gasteiger partial charge in [-0.1, -0.05) is 40.5 Å². The van der Waals surface area contributed by atoms with Gasteiger partial charge >= 0.3 is 0 Å². The highest BCUT2D eigenvalue weighted by molar-refractivity contribution is 9.10. The van der Waals surface area contributed by atoms with Gasteiger partial charge in [0.15, 0.2) is 11.5 Å². The molecular formula is C24H21BrCl2N4O3. The van der Waals surface area contributed by atoms with Crippen molar-refractivity contribution in [1.82, 2.24) is 14.9 Å². The van der Waals surface area contributed by atoms with E-state index in [1.807, 2.05) is 38.1 Å². The zero-order chi connectivity index (χ0) is 24.4. The molecule has 0 spiro atoms. The van der Waals surface area contributed by atoms with Crippen LogP contribution in [0.3, 0.4) is 0 Å². The van der Waals surface area contributed by atoms with Crippen molar-refractivity contribution >= 4 is 50.9 Å². The lowest BCUT2D eigenvalue weighted by molar-refractivity contribution is 0.101. The number of amides is 1. The Kier molecular flexibility index (Phi) is 7.30. The third-order valence-corrected chi connectivity index (χ3v) is 6.52. The van der Waals surface area contributed by atoms with E-state index in [4.69, 9.17) is 32.5 Å². The minimum absolute atomic E-state index is 0.142. The van der Waals surface area contributed by atoms with Crippen LogP contribution in [0.25, 0.3) is 0 Å². The zero-order valence-electron chi connectivity index (χ0n) is 18.7. The van der Waals surface area contributed by atoms with Crippen LogP contribution >= 0.6 is 39.1 Å². The molecule has 1 amide bonds. The molecule has 2 aromatic heterocycles. The number of hydrogen-bond donors (Lipinski definition) is 1. The van der Waals surface area contributed by atoms with Crippen LogP contribution in [0, 0.1) is 20.8 Å². The molecule has 0 aliphatic rings. The highest BCUT2D eigenvalue weighted by Gasteiger charge is 2.22. The van der Waals surface area contributed by atoms with Crippen molar-refractivity contribution in [3.63, 3.8) is 0 Å². The Balaban J connectivity index is 1.47. The number of rotatable bonds is 7. The second kappa shape index (κ2) is 10.2. The minimum Gasteiger partial charge on any atom is -0.489 e. The molecule has 10 heteroatoms. The monoisotopic (exact) mass is 562 g/mol. The van der Waals surface area contributed by atoms with E-state index in [-0.39, 0.29) is 12.3 Å². The van der Waals surface area contributed by atoms with Crippen LogP contribution in [0.4, 0.5) is 5.82 Å². The lowest BCUT2D eigenvalue weighted by Crippen LogP contribution is -2.16. The van der Waals surface area contributed by atoms with E-state index in [0.717, 1.165) is 11.1 Å². The molecule has 0 unspecified atom stereocenters. The van der Waals surface area contributed by atoms with Crippen LogP contribution in [0.1, 0.15) is 38.5 Å². The number of anilines is 1. The number of benzene rings is 2. The normalized spacial score (nSPS) is 11.0. The molecule has 0 radical (unpaired) electrons. The fourth-order valence-electron chi connectivity index (χ4n) is 3.25. The van der Waals surface area contributed by atoms with Crippen molar-refractivity contribution in [3.05, 3.63) is 90.8 Å². The van der Waals surface area contributed by atoms with Gasteiger partial charge < -0.3 is 14.6 Å². The van der Waals surface area contributed by atoms with E-state index in [0.29, 0.717) is 44.0 Å². The lowest BCUT2D eigenvalue weighted by Gasteiger charge is -2.09. The number of aromatic nitrogens is 3. The van der Waals surface area contributed by atoms with Gasteiger partial charge in [-0.3, -0.25) is 9.48 Å². The first-order valence-corrected chi connectivity index (χ1v) is 11.9. The third kappa shape index (κ3) is 5.46. The van der Waals surface area contributed by atoms with Gasteiger partial charge in [0.2, 0.25) is 0 Å². The molecule has 0 atom stereocenters. The fourth-order valence-corrected chi connectivity index (χ4v) is 4.14. The average Bonchev–Trinajstić information content (AvgIpc) is 3.32. The van der Waals surface area contributed by atoms with Crippen LogP contribution in [0.2, 0.25) is 10.0 Å². The molecule has 176 valence electrons. The zero-order valence-corrected chi connectivity index (χ0v) is 21.8. The van der Waals surface area contributed by atoms with Gasteiger partial charge in [-0.05, 0) is 77.7 Å². The molecule has 0 aliphatic heterocycles. The molecule has 2 aromatic carbocycles. The number of hydrogen-bond acceptors (Lipinski definition) is 5. The number of nitrogens with one attached hydrogen (secondary N) is 1. The molecule has 34 heavy (non-hydrogen) atoms. The largest absolute Gasteiger partial charge is 0.489 e. The molecule has 0 bridgehead atoms. The maximum absolute atomic E-state index is 13.0. The van der Waals surface area contributed by atoms with Crippen molar-refractivity contribution < 1.29 is 14.1 Å². The summed E-state index contributed by atoms with van der Waals surface area (Å²) in [5.74, 6) is 1.11. The van der Waals surface area contributed by atoms with Crippen LogP contribution in [0.5, 0.6) is 5.75 Å². The van der Waals surface area contributed by atoms with Crippen LogP contribution in [0.15, 0.2) is 51.6 Å². The number of carbonyl (C=O) groups excluding carboxylic acids is 1. The van der Waals surface area contributed by atoms with E-state index in [1.165, 1.54) is 5.56 Å². The van der Waals surface area contributed by atoms with Gasteiger partial charge in [-0.2, -0.15) is 5.10 Å². The van der Waals surface area contributed by atoms with E-state index >= 15 is 0 Å². The molecule has 0 saturated heterocycles. The molecular weight excluding hydrogens is 543 g/mol. The summed E-state index contributed by atoms with van der Waals surface area (Å²) >= 11 is 15.7. The summed E-state index contributed by atoms with van der Waals surface area (Å²) in [4.78, 5) is 13.0. The van der Waals surface area contributed by atoms with Crippen molar-refractivity contribution in [2.45, 2.75) is 33.9 Å². The van der Waals surface area contributed by atoms with Gasteiger partial charge in [-0.15, -0.1) is 0 Å². The Labute approximate surface area is 215 Å². The maximum Gasteiger partial charge on any atom is 0.279 e. The Bertz CT molecular complexity index is 1370. The van der Waals surface area contributed by atoms with Gasteiger partial charge in [0.05, 0.1) is 16.6 Å². The van der Waals surface area contributed by atoms with E-state index in [2.05, 4.69) is 31.5 Å². The lowest BCUT2D eigenvalue weighted by atomic mass is 10.1. The summed E-state index contributed by atoms with van der Waals surface area (Å²) in [6.45, 7) is 6.34. The first-order chi connectivity index (χ1) is 16.2. The molecule has 0 aliphatic carbocycles. The van der Waals surface area contributed by atoms with Crippen LogP contribution in [-0.4, -0.2) is 20.8 Å². The Morgan fingerprint density at radius 2 is 1.94 bits per heavy atom. The van der Waals surface area contributed by atoms with Gasteiger partial charge in [0.1, 0.15) is 18.1 Å². The van der Waals surface area contributed by atoms with Gasteiger partial charge in [-0.25, -0.2) is 0 Å². The van der Waals surface area contributed by atoms with E-state index in [9.17, 15) is 4.79 Å². The summed E-state index contributed by atoms with van der Waals surface area (Å²) in [5, 5.41) is 12.2. The average molecular weight is 564 g/mol. The summed E-state index contributed by atoms with van der Waals surface area (Å²) in [6, 6.07) is 11.1. The van der Waals surface area contributed by atoms with Crippen molar-refractivity contribution in [1.29, 1.82) is 0 Å². The quantitative estimate of drug-likeness (QED) is 0.269. The number of halogens is 3. The predicted molar refractivity (Wildman–Crippen MR) is 135 cm³/mol. The second-order valence-corrected chi connectivity index (χ2v) is 9.51. The summed E-state index contributed by atoms with van der Waals surface area (Å²) in [7, 11) is 0. The topological polar surface area (TPSA) is 82.2 Å². The van der Waals surface area contributed by atoms with E-state index < -0.39 is 5.91 Å². The van der Waals surface area contributed by atoms with Crippen molar-refractivity contribution in [2.75, 3.05) is 5.32 Å². The Morgan fingerprint density at radius 1 is 1.15 bits per heavy atom.